The number of hydrogen-bond acceptors (Lipinski definition) is 4. The first-order valence-electron chi connectivity index (χ1n) is 6.68. The number of alkyl halides is 2. The predicted molar refractivity (Wildman–Crippen MR) is 87.2 cm³/mol. The summed E-state index contributed by atoms with van der Waals surface area (Å²) in [5.41, 5.74) is 0.759. The largest absolute Gasteiger partial charge is 0.480 e. The van der Waals surface area contributed by atoms with Crippen molar-refractivity contribution < 1.29 is 28.2 Å². The number of carbonyl (C=O) groups is 1. The number of aromatic nitrogens is 2. The number of aliphatic carboxylic acids is 1. The van der Waals surface area contributed by atoms with Gasteiger partial charge in [-0.25, -0.2) is 9.48 Å². The van der Waals surface area contributed by atoms with E-state index in [2.05, 4.69) is 9.84 Å². The van der Waals surface area contributed by atoms with Crippen molar-refractivity contribution in [2.75, 3.05) is 6.61 Å². The van der Waals surface area contributed by atoms with Gasteiger partial charge in [0, 0.05) is 13.5 Å². The predicted octanol–water partition coefficient (Wildman–Crippen LogP) is 4.04. The van der Waals surface area contributed by atoms with Gasteiger partial charge in [0.05, 0.1) is 10.7 Å². The highest BCUT2D eigenvalue weighted by Gasteiger charge is 2.21. The molecule has 25 heavy (non-hydrogen) atoms. The summed E-state index contributed by atoms with van der Waals surface area (Å²) in [4.78, 5) is 10.5. The van der Waals surface area contributed by atoms with E-state index in [1.807, 2.05) is 0 Å². The van der Waals surface area contributed by atoms with E-state index in [1.165, 1.54) is 13.1 Å². The van der Waals surface area contributed by atoms with Crippen molar-refractivity contribution in [3.63, 3.8) is 0 Å². The second kappa shape index (κ2) is 8.07. The Morgan fingerprint density at radius 2 is 1.96 bits per heavy atom. The van der Waals surface area contributed by atoms with Crippen LogP contribution in [0.5, 0.6) is 11.6 Å². The zero-order chi connectivity index (χ0) is 18.7. The van der Waals surface area contributed by atoms with Gasteiger partial charge in [-0.1, -0.05) is 40.9 Å². The number of carboxylic acid groups (broad SMARTS) is 1. The van der Waals surface area contributed by atoms with Gasteiger partial charge in [-0.2, -0.15) is 13.9 Å². The fourth-order valence-electron chi connectivity index (χ4n) is 2.00. The van der Waals surface area contributed by atoms with E-state index < -0.39 is 19.2 Å². The number of benzene rings is 1. The summed E-state index contributed by atoms with van der Waals surface area (Å²) >= 11 is 18.2. The Morgan fingerprint density at radius 3 is 2.56 bits per heavy atom. The van der Waals surface area contributed by atoms with Gasteiger partial charge in [0.15, 0.2) is 6.61 Å². The summed E-state index contributed by atoms with van der Waals surface area (Å²) < 4.78 is 35.2. The van der Waals surface area contributed by atoms with Gasteiger partial charge in [-0.3, -0.25) is 0 Å². The molecule has 0 aliphatic rings. The van der Waals surface area contributed by atoms with E-state index in [0.29, 0.717) is 5.56 Å². The molecule has 0 spiro atoms. The summed E-state index contributed by atoms with van der Waals surface area (Å²) in [6.45, 7) is -3.61. The highest BCUT2D eigenvalue weighted by atomic mass is 35.5. The Labute approximate surface area is 155 Å². The molecule has 0 aliphatic heterocycles. The standard InChI is InChI=1S/C14H11Cl3F2N2O4/c1-21-13(25-14(18)19)11(16)7(20-21)4-6-2-3-8(12(17)10(6)15)24-5-9(22)23/h2-3,14H,4-5H2,1H3,(H,22,23). The Kier molecular flexibility index (Phi) is 6.31. The Bertz CT molecular complexity index is 799. The SMILES string of the molecule is Cn1nc(Cc2ccc(OCC(=O)O)c(Cl)c2Cl)c(Cl)c1OC(F)F. The van der Waals surface area contributed by atoms with Gasteiger partial charge >= 0.3 is 12.6 Å². The summed E-state index contributed by atoms with van der Waals surface area (Å²) in [5.74, 6) is -1.33. The monoisotopic (exact) mass is 414 g/mol. The normalized spacial score (nSPS) is 11.0. The molecule has 2 rings (SSSR count). The molecule has 0 amide bonds. The smallest absolute Gasteiger partial charge is 0.388 e. The van der Waals surface area contributed by atoms with Gasteiger partial charge in [0.25, 0.3) is 0 Å². The van der Waals surface area contributed by atoms with Crippen LogP contribution in [-0.4, -0.2) is 34.1 Å². The van der Waals surface area contributed by atoms with Crippen molar-refractivity contribution >= 4 is 40.8 Å². The number of rotatable bonds is 7. The van der Waals surface area contributed by atoms with E-state index in [9.17, 15) is 13.6 Å². The lowest BCUT2D eigenvalue weighted by Crippen LogP contribution is -2.09. The molecule has 11 heteroatoms. The van der Waals surface area contributed by atoms with Crippen molar-refractivity contribution in [1.82, 2.24) is 9.78 Å². The van der Waals surface area contributed by atoms with Crippen LogP contribution < -0.4 is 9.47 Å². The molecule has 0 atom stereocenters. The molecule has 0 bridgehead atoms. The topological polar surface area (TPSA) is 73.6 Å². The van der Waals surface area contributed by atoms with E-state index in [1.54, 1.807) is 6.07 Å². The Morgan fingerprint density at radius 1 is 1.28 bits per heavy atom. The molecule has 0 fully saturated rings. The maximum atomic E-state index is 12.4. The summed E-state index contributed by atoms with van der Waals surface area (Å²) in [5, 5.41) is 12.7. The highest BCUT2D eigenvalue weighted by molar-refractivity contribution is 6.43. The van der Waals surface area contributed by atoms with Crippen molar-refractivity contribution in [2.45, 2.75) is 13.0 Å². The molecule has 1 N–H and O–H groups in total. The van der Waals surface area contributed by atoms with Crippen molar-refractivity contribution in [3.8, 4) is 11.6 Å². The van der Waals surface area contributed by atoms with Crippen LogP contribution in [0.4, 0.5) is 8.78 Å². The molecular weight excluding hydrogens is 405 g/mol. The van der Waals surface area contributed by atoms with Gasteiger partial charge in [-0.05, 0) is 11.6 Å². The van der Waals surface area contributed by atoms with Crippen molar-refractivity contribution in [3.05, 3.63) is 38.5 Å². The zero-order valence-electron chi connectivity index (χ0n) is 12.6. The lowest BCUT2D eigenvalue weighted by Gasteiger charge is -2.10. The molecule has 0 saturated heterocycles. The summed E-state index contributed by atoms with van der Waals surface area (Å²) in [6, 6.07) is 2.99. The molecule has 0 saturated carbocycles. The van der Waals surface area contributed by atoms with Crippen LogP contribution in [0.2, 0.25) is 15.1 Å². The van der Waals surface area contributed by atoms with E-state index >= 15 is 0 Å². The molecular formula is C14H11Cl3F2N2O4. The first kappa shape index (κ1) is 19.6. The first-order valence-corrected chi connectivity index (χ1v) is 7.81. The number of nitrogens with zero attached hydrogens (tertiary/aromatic N) is 2. The van der Waals surface area contributed by atoms with E-state index in [0.717, 1.165) is 4.68 Å². The molecule has 2 aromatic rings. The maximum Gasteiger partial charge on any atom is 0.388 e. The molecule has 0 unspecified atom stereocenters. The quantitative estimate of drug-likeness (QED) is 0.739. The number of carboxylic acids is 1. The summed E-state index contributed by atoms with van der Waals surface area (Å²) in [6.07, 6.45) is 0.0943. The molecule has 1 aromatic carbocycles. The third kappa shape index (κ3) is 4.65. The van der Waals surface area contributed by atoms with Crippen LogP contribution in [0.15, 0.2) is 12.1 Å². The van der Waals surface area contributed by atoms with E-state index in [4.69, 9.17) is 44.6 Å². The third-order valence-electron chi connectivity index (χ3n) is 3.04. The van der Waals surface area contributed by atoms with Crippen LogP contribution >= 0.6 is 34.8 Å². The minimum atomic E-state index is -3.04. The maximum absolute atomic E-state index is 12.4. The summed E-state index contributed by atoms with van der Waals surface area (Å²) in [7, 11) is 1.41. The molecule has 1 heterocycles. The van der Waals surface area contributed by atoms with Gasteiger partial charge < -0.3 is 14.6 Å². The number of hydrogen-bond donors (Lipinski definition) is 1. The second-order valence-electron chi connectivity index (χ2n) is 4.78. The average molecular weight is 416 g/mol. The van der Waals surface area contributed by atoms with Crippen LogP contribution in [0, 0.1) is 0 Å². The lowest BCUT2D eigenvalue weighted by molar-refractivity contribution is -0.139. The van der Waals surface area contributed by atoms with Gasteiger partial charge in [-0.15, -0.1) is 0 Å². The van der Waals surface area contributed by atoms with Gasteiger partial charge in [0.2, 0.25) is 5.88 Å². The Balaban J connectivity index is 2.26. The molecule has 136 valence electrons. The van der Waals surface area contributed by atoms with Crippen LogP contribution in [0.3, 0.4) is 0 Å². The van der Waals surface area contributed by atoms with Crippen molar-refractivity contribution in [2.24, 2.45) is 7.05 Å². The molecule has 6 nitrogen and oxygen atoms in total. The number of halogens is 5. The second-order valence-corrected chi connectivity index (χ2v) is 5.91. The third-order valence-corrected chi connectivity index (χ3v) is 4.33. The zero-order valence-corrected chi connectivity index (χ0v) is 14.9. The molecule has 0 aliphatic carbocycles. The Hall–Kier alpha value is -1.77. The fourth-order valence-corrected chi connectivity index (χ4v) is 2.73. The van der Waals surface area contributed by atoms with Crippen LogP contribution in [0.25, 0.3) is 0 Å². The van der Waals surface area contributed by atoms with Crippen LogP contribution in [0.1, 0.15) is 11.3 Å². The minimum Gasteiger partial charge on any atom is -0.480 e. The van der Waals surface area contributed by atoms with E-state index in [-0.39, 0.29) is 38.8 Å². The number of aryl methyl sites for hydroxylation is 1. The molecule has 1 aromatic heterocycles. The van der Waals surface area contributed by atoms with Crippen LogP contribution in [-0.2, 0) is 18.3 Å². The fraction of sp³-hybridized carbons (Fsp3) is 0.286. The number of ether oxygens (including phenoxy) is 2. The lowest BCUT2D eigenvalue weighted by atomic mass is 10.1. The first-order chi connectivity index (χ1) is 11.7. The van der Waals surface area contributed by atoms with Crippen molar-refractivity contribution in [1.29, 1.82) is 0 Å². The molecule has 0 radical (unpaired) electrons. The minimum absolute atomic E-state index is 0.0246. The highest BCUT2D eigenvalue weighted by Crippen LogP contribution is 2.37. The average Bonchev–Trinajstić information content (AvgIpc) is 2.78. The van der Waals surface area contributed by atoms with Gasteiger partial charge in [0.1, 0.15) is 15.8 Å².